The highest BCUT2D eigenvalue weighted by Crippen LogP contribution is 2.31. The molecular weight excluding hydrogens is 504 g/mol. The van der Waals surface area contributed by atoms with E-state index in [1.165, 1.54) is 47.4 Å². The van der Waals surface area contributed by atoms with Crippen LogP contribution in [0.4, 0.5) is 10.1 Å². The van der Waals surface area contributed by atoms with Crippen molar-refractivity contribution in [3.05, 3.63) is 63.9 Å². The van der Waals surface area contributed by atoms with E-state index >= 15 is 0 Å². The van der Waals surface area contributed by atoms with Crippen LogP contribution in [0.2, 0.25) is 10.0 Å². The number of carbonyl (C=O) groups is 2. The molecule has 0 saturated carbocycles. The summed E-state index contributed by atoms with van der Waals surface area (Å²) in [4.78, 5) is 27.7. The molecule has 0 bridgehead atoms. The highest BCUT2D eigenvalue weighted by molar-refractivity contribution is 7.92. The van der Waals surface area contributed by atoms with Crippen LogP contribution in [0.1, 0.15) is 32.8 Å². The zero-order chi connectivity index (χ0) is 25.6. The Morgan fingerprint density at radius 2 is 1.71 bits per heavy atom. The number of nitrogens with one attached hydrogen (secondary N) is 1. The molecule has 2 aromatic rings. The van der Waals surface area contributed by atoms with Crippen LogP contribution in [-0.2, 0) is 26.2 Å². The summed E-state index contributed by atoms with van der Waals surface area (Å²) in [6.07, 6.45) is 1.23. The molecule has 0 aliphatic rings. The second kappa shape index (κ2) is 11.9. The van der Waals surface area contributed by atoms with E-state index in [-0.39, 0.29) is 40.6 Å². The van der Waals surface area contributed by atoms with Crippen LogP contribution in [0.15, 0.2) is 42.5 Å². The summed E-state index contributed by atoms with van der Waals surface area (Å²) in [6, 6.07) is 8.76. The Hall–Kier alpha value is -2.36. The molecule has 11 heteroatoms. The number of nitrogens with zero attached hydrogens (tertiary/aromatic N) is 2. The molecule has 0 saturated heterocycles. The van der Waals surface area contributed by atoms with E-state index < -0.39 is 34.3 Å². The fourth-order valence-corrected chi connectivity index (χ4v) is 4.65. The Labute approximate surface area is 209 Å². The van der Waals surface area contributed by atoms with Gasteiger partial charge in [0.15, 0.2) is 0 Å². The van der Waals surface area contributed by atoms with Gasteiger partial charge in [-0.15, -0.1) is 0 Å². The molecule has 0 unspecified atom stereocenters. The number of benzene rings is 2. The molecule has 2 amide bonds. The second-order valence-corrected chi connectivity index (χ2v) is 10.9. The smallest absolute Gasteiger partial charge is 0.244 e. The number of carbonyl (C=O) groups excluding carboxylic acids is 2. The average Bonchev–Trinajstić information content (AvgIpc) is 2.73. The van der Waals surface area contributed by atoms with Gasteiger partial charge in [0, 0.05) is 17.6 Å². The lowest BCUT2D eigenvalue weighted by Crippen LogP contribution is -2.53. The van der Waals surface area contributed by atoms with Crippen LogP contribution in [0, 0.1) is 5.82 Å². The monoisotopic (exact) mass is 531 g/mol. The van der Waals surface area contributed by atoms with Gasteiger partial charge in [0.25, 0.3) is 0 Å². The van der Waals surface area contributed by atoms with E-state index in [1.807, 2.05) is 0 Å². The normalized spacial score (nSPS) is 12.4. The number of amides is 2. The van der Waals surface area contributed by atoms with E-state index in [0.29, 0.717) is 5.56 Å². The van der Waals surface area contributed by atoms with Crippen molar-refractivity contribution < 1.29 is 22.4 Å². The van der Waals surface area contributed by atoms with Gasteiger partial charge in [-0.2, -0.15) is 0 Å². The van der Waals surface area contributed by atoms with Gasteiger partial charge in [0.05, 0.1) is 17.0 Å². The van der Waals surface area contributed by atoms with Crippen LogP contribution in [0.25, 0.3) is 0 Å². The standard InChI is InChI=1S/C23H28Cl2FN3O4S/c1-5-20(23(31)27-15(2)3)28(13-16-6-9-18(26)10-7-16)22(30)14-29(34(4,32)33)21-12-17(24)8-11-19(21)25/h6-12,15,20H,5,13-14H2,1-4H3,(H,27,31)/t20-/m0/s1. The summed E-state index contributed by atoms with van der Waals surface area (Å²) in [7, 11) is -3.94. The van der Waals surface area contributed by atoms with Gasteiger partial charge >= 0.3 is 0 Å². The van der Waals surface area contributed by atoms with E-state index in [2.05, 4.69) is 5.32 Å². The minimum atomic E-state index is -3.94. The van der Waals surface area contributed by atoms with Crippen LogP contribution < -0.4 is 9.62 Å². The molecule has 2 rings (SSSR count). The maximum atomic E-state index is 13.5. The van der Waals surface area contributed by atoms with Gasteiger partial charge in [-0.25, -0.2) is 12.8 Å². The molecule has 34 heavy (non-hydrogen) atoms. The molecule has 0 aromatic heterocycles. The molecule has 0 spiro atoms. The maximum Gasteiger partial charge on any atom is 0.244 e. The minimum absolute atomic E-state index is 0.0238. The molecule has 0 fully saturated rings. The molecule has 1 atom stereocenters. The zero-order valence-corrected chi connectivity index (χ0v) is 21.7. The predicted molar refractivity (Wildman–Crippen MR) is 133 cm³/mol. The predicted octanol–water partition coefficient (Wildman–Crippen LogP) is 4.23. The Bertz CT molecular complexity index is 1130. The summed E-state index contributed by atoms with van der Waals surface area (Å²) >= 11 is 12.2. The summed E-state index contributed by atoms with van der Waals surface area (Å²) in [5.74, 6) is -1.44. The van der Waals surface area contributed by atoms with Crippen molar-refractivity contribution >= 4 is 50.7 Å². The van der Waals surface area contributed by atoms with Crippen molar-refractivity contribution in [2.75, 3.05) is 17.1 Å². The lowest BCUT2D eigenvalue weighted by molar-refractivity contribution is -0.140. The molecule has 0 radical (unpaired) electrons. The summed E-state index contributed by atoms with van der Waals surface area (Å²) in [6.45, 7) is 4.71. The molecular formula is C23H28Cl2FN3O4S. The van der Waals surface area contributed by atoms with Crippen LogP contribution in [0.3, 0.4) is 0 Å². The summed E-state index contributed by atoms with van der Waals surface area (Å²) < 4.78 is 39.5. The highest BCUT2D eigenvalue weighted by Gasteiger charge is 2.32. The van der Waals surface area contributed by atoms with Crippen LogP contribution in [0.5, 0.6) is 0 Å². The van der Waals surface area contributed by atoms with Gasteiger partial charge in [-0.05, 0) is 56.2 Å². The van der Waals surface area contributed by atoms with Crippen molar-refractivity contribution in [1.29, 1.82) is 0 Å². The van der Waals surface area contributed by atoms with Gasteiger partial charge in [-0.1, -0.05) is 42.3 Å². The topological polar surface area (TPSA) is 86.8 Å². The largest absolute Gasteiger partial charge is 0.352 e. The Balaban J connectivity index is 2.48. The van der Waals surface area contributed by atoms with Crippen molar-refractivity contribution in [2.24, 2.45) is 0 Å². The van der Waals surface area contributed by atoms with E-state index in [1.54, 1.807) is 20.8 Å². The van der Waals surface area contributed by atoms with E-state index in [0.717, 1.165) is 10.6 Å². The first kappa shape index (κ1) is 27.9. The van der Waals surface area contributed by atoms with Gasteiger partial charge in [-0.3, -0.25) is 13.9 Å². The Morgan fingerprint density at radius 1 is 1.09 bits per heavy atom. The lowest BCUT2D eigenvalue weighted by atomic mass is 10.1. The first-order chi connectivity index (χ1) is 15.8. The zero-order valence-electron chi connectivity index (χ0n) is 19.4. The molecule has 2 aromatic carbocycles. The third-order valence-corrected chi connectivity index (χ3v) is 6.62. The number of rotatable bonds is 10. The van der Waals surface area contributed by atoms with E-state index in [4.69, 9.17) is 23.2 Å². The Morgan fingerprint density at radius 3 is 2.24 bits per heavy atom. The maximum absolute atomic E-state index is 13.5. The average molecular weight is 532 g/mol. The number of hydrogen-bond donors (Lipinski definition) is 1. The van der Waals surface area contributed by atoms with Crippen molar-refractivity contribution in [3.8, 4) is 0 Å². The Kier molecular flexibility index (Phi) is 9.73. The first-order valence-electron chi connectivity index (χ1n) is 10.6. The lowest BCUT2D eigenvalue weighted by Gasteiger charge is -2.33. The van der Waals surface area contributed by atoms with Crippen molar-refractivity contribution in [2.45, 2.75) is 45.8 Å². The summed E-state index contributed by atoms with van der Waals surface area (Å²) in [5, 5.41) is 3.13. The number of halogens is 3. The molecule has 0 aliphatic heterocycles. The van der Waals surface area contributed by atoms with Gasteiger partial charge in [0.1, 0.15) is 18.4 Å². The molecule has 0 heterocycles. The van der Waals surface area contributed by atoms with Crippen molar-refractivity contribution in [3.63, 3.8) is 0 Å². The molecule has 0 aliphatic carbocycles. The van der Waals surface area contributed by atoms with Gasteiger partial charge in [0.2, 0.25) is 21.8 Å². The van der Waals surface area contributed by atoms with Crippen molar-refractivity contribution in [1.82, 2.24) is 10.2 Å². The second-order valence-electron chi connectivity index (χ2n) is 8.10. The van der Waals surface area contributed by atoms with Crippen LogP contribution in [-0.4, -0.2) is 50.0 Å². The number of anilines is 1. The van der Waals surface area contributed by atoms with Gasteiger partial charge < -0.3 is 10.2 Å². The number of hydrogen-bond acceptors (Lipinski definition) is 4. The quantitative estimate of drug-likeness (QED) is 0.496. The fourth-order valence-electron chi connectivity index (χ4n) is 3.36. The third-order valence-electron chi connectivity index (χ3n) is 4.94. The minimum Gasteiger partial charge on any atom is -0.352 e. The fraction of sp³-hybridized carbons (Fsp3) is 0.391. The molecule has 186 valence electrons. The van der Waals surface area contributed by atoms with Crippen LogP contribution >= 0.6 is 23.2 Å². The number of sulfonamides is 1. The summed E-state index contributed by atoms with van der Waals surface area (Å²) in [5.41, 5.74) is 0.628. The third kappa shape index (κ3) is 7.58. The SMILES string of the molecule is CC[C@@H](C(=O)NC(C)C)N(Cc1ccc(F)cc1)C(=O)CN(c1cc(Cl)ccc1Cl)S(C)(=O)=O. The first-order valence-corrected chi connectivity index (χ1v) is 13.2. The molecule has 7 nitrogen and oxygen atoms in total. The highest BCUT2D eigenvalue weighted by atomic mass is 35.5. The molecule has 1 N–H and O–H groups in total. The van der Waals surface area contributed by atoms with E-state index in [9.17, 15) is 22.4 Å².